The van der Waals surface area contributed by atoms with Crippen LogP contribution in [-0.2, 0) is 11.3 Å². The molecule has 0 radical (unpaired) electrons. The highest BCUT2D eigenvalue weighted by atomic mass is 16.5. The van der Waals surface area contributed by atoms with Crippen molar-refractivity contribution in [3.05, 3.63) is 47.9 Å². The monoisotopic (exact) mass is 272 g/mol. The lowest BCUT2D eigenvalue weighted by molar-refractivity contribution is -0.118. The number of hydrogen-bond acceptors (Lipinski definition) is 4. The first-order valence-corrected chi connectivity index (χ1v) is 6.55. The molecule has 0 saturated carbocycles. The van der Waals surface area contributed by atoms with Gasteiger partial charge in [-0.05, 0) is 36.8 Å². The molecule has 104 valence electrons. The molecule has 1 aromatic heterocycles. The van der Waals surface area contributed by atoms with Crippen molar-refractivity contribution in [3.63, 3.8) is 0 Å². The van der Waals surface area contributed by atoms with Crippen LogP contribution in [0.25, 0.3) is 0 Å². The van der Waals surface area contributed by atoms with Gasteiger partial charge in [-0.3, -0.25) is 4.79 Å². The highest BCUT2D eigenvalue weighted by molar-refractivity contribution is 5.95. The topological polar surface area (TPSA) is 63.5 Å². The second-order valence-corrected chi connectivity index (χ2v) is 4.79. The van der Waals surface area contributed by atoms with Crippen LogP contribution in [0.5, 0.6) is 5.75 Å². The predicted molar refractivity (Wildman–Crippen MR) is 74.5 cm³/mol. The lowest BCUT2D eigenvalue weighted by Gasteiger charge is -2.19. The Morgan fingerprint density at radius 3 is 3.10 bits per heavy atom. The number of carbonyl (C=O) groups excluding carboxylic acids is 1. The van der Waals surface area contributed by atoms with Gasteiger partial charge in [0.2, 0.25) is 0 Å². The third-order valence-electron chi connectivity index (χ3n) is 3.26. The molecule has 20 heavy (non-hydrogen) atoms. The van der Waals surface area contributed by atoms with Gasteiger partial charge < -0.3 is 19.8 Å². The van der Waals surface area contributed by atoms with Gasteiger partial charge in [-0.25, -0.2) is 0 Å². The second-order valence-electron chi connectivity index (χ2n) is 4.79. The molecule has 0 unspecified atom stereocenters. The van der Waals surface area contributed by atoms with Crippen LogP contribution in [0.15, 0.2) is 41.0 Å². The SMILES string of the molecule is C[C@@H](NCc1ccc2c(c1)NC(=O)CO2)c1ccco1. The molecule has 3 rings (SSSR count). The predicted octanol–water partition coefficient (Wildman–Crippen LogP) is 2.46. The summed E-state index contributed by atoms with van der Waals surface area (Å²) in [7, 11) is 0. The van der Waals surface area contributed by atoms with Crippen molar-refractivity contribution in [2.45, 2.75) is 19.5 Å². The first-order valence-electron chi connectivity index (χ1n) is 6.55. The Morgan fingerprint density at radius 1 is 1.40 bits per heavy atom. The van der Waals surface area contributed by atoms with Crippen molar-refractivity contribution in [2.75, 3.05) is 11.9 Å². The summed E-state index contributed by atoms with van der Waals surface area (Å²) in [6, 6.07) is 9.74. The Labute approximate surface area is 116 Å². The van der Waals surface area contributed by atoms with Crippen LogP contribution in [-0.4, -0.2) is 12.5 Å². The van der Waals surface area contributed by atoms with E-state index in [4.69, 9.17) is 9.15 Å². The van der Waals surface area contributed by atoms with E-state index in [-0.39, 0.29) is 18.6 Å². The molecule has 2 N–H and O–H groups in total. The zero-order valence-electron chi connectivity index (χ0n) is 11.2. The van der Waals surface area contributed by atoms with Crippen molar-refractivity contribution in [1.82, 2.24) is 5.32 Å². The Morgan fingerprint density at radius 2 is 2.30 bits per heavy atom. The van der Waals surface area contributed by atoms with Crippen LogP contribution in [0.4, 0.5) is 5.69 Å². The van der Waals surface area contributed by atoms with E-state index in [0.717, 1.165) is 17.0 Å². The maximum atomic E-state index is 11.3. The molecule has 0 spiro atoms. The standard InChI is InChI=1S/C15H16N2O3/c1-10(13-3-2-6-19-13)16-8-11-4-5-14-12(7-11)17-15(18)9-20-14/h2-7,10,16H,8-9H2,1H3,(H,17,18)/t10-/m1/s1. The minimum absolute atomic E-state index is 0.0835. The van der Waals surface area contributed by atoms with E-state index in [1.54, 1.807) is 6.26 Å². The van der Waals surface area contributed by atoms with Gasteiger partial charge in [0.25, 0.3) is 5.91 Å². The Hall–Kier alpha value is -2.27. The maximum absolute atomic E-state index is 11.3. The molecule has 0 bridgehead atoms. The number of carbonyl (C=O) groups is 1. The maximum Gasteiger partial charge on any atom is 0.262 e. The minimum Gasteiger partial charge on any atom is -0.482 e. The van der Waals surface area contributed by atoms with Gasteiger partial charge in [0.1, 0.15) is 11.5 Å². The fourth-order valence-corrected chi connectivity index (χ4v) is 2.15. The Kier molecular flexibility index (Phi) is 3.43. The molecule has 0 saturated heterocycles. The molecule has 1 aliphatic heterocycles. The molecule has 0 aliphatic carbocycles. The van der Waals surface area contributed by atoms with Crippen molar-refractivity contribution in [3.8, 4) is 5.75 Å². The quantitative estimate of drug-likeness (QED) is 0.897. The summed E-state index contributed by atoms with van der Waals surface area (Å²) < 4.78 is 10.7. The smallest absolute Gasteiger partial charge is 0.262 e. The number of rotatable bonds is 4. The highest BCUT2D eigenvalue weighted by Gasteiger charge is 2.16. The Balaban J connectivity index is 1.66. The van der Waals surface area contributed by atoms with E-state index < -0.39 is 0 Å². The van der Waals surface area contributed by atoms with Gasteiger partial charge in [0, 0.05) is 6.54 Å². The van der Waals surface area contributed by atoms with Gasteiger partial charge in [-0.1, -0.05) is 6.07 Å². The van der Waals surface area contributed by atoms with Crippen molar-refractivity contribution in [1.29, 1.82) is 0 Å². The lowest BCUT2D eigenvalue weighted by atomic mass is 10.1. The van der Waals surface area contributed by atoms with E-state index in [9.17, 15) is 4.79 Å². The van der Waals surface area contributed by atoms with E-state index in [1.165, 1.54) is 0 Å². The fourth-order valence-electron chi connectivity index (χ4n) is 2.15. The van der Waals surface area contributed by atoms with Crippen LogP contribution in [0.1, 0.15) is 24.3 Å². The van der Waals surface area contributed by atoms with Gasteiger partial charge in [0.15, 0.2) is 6.61 Å². The molecule has 0 fully saturated rings. The third kappa shape index (κ3) is 2.67. The third-order valence-corrected chi connectivity index (χ3v) is 3.26. The number of ether oxygens (including phenoxy) is 1. The van der Waals surface area contributed by atoms with Crippen LogP contribution < -0.4 is 15.4 Å². The van der Waals surface area contributed by atoms with Crippen LogP contribution in [0.3, 0.4) is 0 Å². The normalized spacial score (nSPS) is 15.2. The van der Waals surface area contributed by atoms with Crippen LogP contribution >= 0.6 is 0 Å². The summed E-state index contributed by atoms with van der Waals surface area (Å²) >= 11 is 0. The number of fused-ring (bicyclic) bond motifs is 1. The highest BCUT2D eigenvalue weighted by Crippen LogP contribution is 2.28. The number of benzene rings is 1. The summed E-state index contributed by atoms with van der Waals surface area (Å²) in [6.07, 6.45) is 1.67. The van der Waals surface area contributed by atoms with Crippen LogP contribution in [0.2, 0.25) is 0 Å². The second kappa shape index (κ2) is 5.38. The Bertz CT molecular complexity index is 608. The van der Waals surface area contributed by atoms with Gasteiger partial charge in [-0.15, -0.1) is 0 Å². The molecule has 2 aromatic rings. The first kappa shape index (κ1) is 12.7. The number of anilines is 1. The summed E-state index contributed by atoms with van der Waals surface area (Å²) in [6.45, 7) is 2.81. The molecule has 1 atom stereocenters. The van der Waals surface area contributed by atoms with Crippen molar-refractivity contribution < 1.29 is 13.9 Å². The summed E-state index contributed by atoms with van der Waals surface area (Å²) in [5.41, 5.74) is 1.80. The molecular weight excluding hydrogens is 256 g/mol. The molecule has 5 nitrogen and oxygen atoms in total. The summed E-state index contributed by atoms with van der Waals surface area (Å²) in [5.74, 6) is 1.50. The fraction of sp³-hybridized carbons (Fsp3) is 0.267. The molecule has 1 aromatic carbocycles. The molecular formula is C15H16N2O3. The zero-order chi connectivity index (χ0) is 13.9. The average Bonchev–Trinajstić information content (AvgIpc) is 2.98. The summed E-state index contributed by atoms with van der Waals surface area (Å²) in [4.78, 5) is 11.3. The van der Waals surface area contributed by atoms with E-state index >= 15 is 0 Å². The molecule has 5 heteroatoms. The number of furan rings is 1. The van der Waals surface area contributed by atoms with E-state index in [1.807, 2.05) is 37.3 Å². The minimum atomic E-state index is -0.119. The molecule has 1 amide bonds. The molecule has 2 heterocycles. The van der Waals surface area contributed by atoms with Crippen molar-refractivity contribution >= 4 is 11.6 Å². The molecule has 1 aliphatic rings. The zero-order valence-corrected chi connectivity index (χ0v) is 11.2. The van der Waals surface area contributed by atoms with E-state index in [0.29, 0.717) is 12.3 Å². The number of amides is 1. The van der Waals surface area contributed by atoms with Crippen molar-refractivity contribution in [2.24, 2.45) is 0 Å². The average molecular weight is 272 g/mol. The van der Waals surface area contributed by atoms with E-state index in [2.05, 4.69) is 10.6 Å². The van der Waals surface area contributed by atoms with Crippen LogP contribution in [0, 0.1) is 0 Å². The van der Waals surface area contributed by atoms with Gasteiger partial charge >= 0.3 is 0 Å². The summed E-state index contributed by atoms with van der Waals surface area (Å²) in [5, 5.41) is 6.18. The lowest BCUT2D eigenvalue weighted by Crippen LogP contribution is -2.25. The first-order chi connectivity index (χ1) is 9.72. The number of hydrogen-bond donors (Lipinski definition) is 2. The largest absolute Gasteiger partial charge is 0.482 e. The van der Waals surface area contributed by atoms with Gasteiger partial charge in [-0.2, -0.15) is 0 Å². The van der Waals surface area contributed by atoms with Gasteiger partial charge in [0.05, 0.1) is 18.0 Å². The number of nitrogens with one attached hydrogen (secondary N) is 2.